The summed E-state index contributed by atoms with van der Waals surface area (Å²) in [6.07, 6.45) is 2.70. The highest BCUT2D eigenvalue weighted by Gasteiger charge is 1.94. The second-order valence-corrected chi connectivity index (χ2v) is 2.40. The maximum Gasteiger partial charge on any atom is 0.213 e. The number of pyridine rings is 1. The molecular weight excluding hydrogens is 157 g/mol. The molecule has 1 aromatic heterocycles. The molecule has 12 heavy (non-hydrogen) atoms. The Bertz CT molecular complexity index is 222. The van der Waals surface area contributed by atoms with Crippen LogP contribution in [0.25, 0.3) is 0 Å². The lowest BCUT2D eigenvalue weighted by atomic mass is 10.2. The first-order valence-corrected chi connectivity index (χ1v) is 4.00. The van der Waals surface area contributed by atoms with Gasteiger partial charge in [-0.15, -0.1) is 0 Å². The summed E-state index contributed by atoms with van der Waals surface area (Å²) in [6.45, 7) is 1.66. The molecule has 2 nitrogen and oxygen atoms in total. The SMILES string of the molecule is CCc1ccc(OCCF)nc1. The molecule has 0 saturated carbocycles. The number of aromatic nitrogens is 1. The maximum absolute atomic E-state index is 11.7. The summed E-state index contributed by atoms with van der Waals surface area (Å²) in [5, 5.41) is 0. The Morgan fingerprint density at radius 2 is 2.33 bits per heavy atom. The Kier molecular flexibility index (Phi) is 3.51. The van der Waals surface area contributed by atoms with E-state index in [1.807, 2.05) is 6.07 Å². The van der Waals surface area contributed by atoms with Crippen LogP contribution in [0.2, 0.25) is 0 Å². The van der Waals surface area contributed by atoms with Crippen molar-refractivity contribution in [1.29, 1.82) is 0 Å². The topological polar surface area (TPSA) is 22.1 Å². The Morgan fingerprint density at radius 1 is 1.50 bits per heavy atom. The molecule has 66 valence electrons. The Morgan fingerprint density at radius 3 is 2.83 bits per heavy atom. The number of alkyl halides is 1. The van der Waals surface area contributed by atoms with Crippen LogP contribution in [0.1, 0.15) is 12.5 Å². The summed E-state index contributed by atoms with van der Waals surface area (Å²) in [6, 6.07) is 3.69. The van der Waals surface area contributed by atoms with E-state index in [4.69, 9.17) is 4.74 Å². The second kappa shape index (κ2) is 4.70. The van der Waals surface area contributed by atoms with E-state index in [0.717, 1.165) is 12.0 Å². The van der Waals surface area contributed by atoms with E-state index >= 15 is 0 Å². The first kappa shape index (κ1) is 8.97. The van der Waals surface area contributed by atoms with E-state index < -0.39 is 6.67 Å². The molecule has 0 fully saturated rings. The van der Waals surface area contributed by atoms with E-state index in [-0.39, 0.29) is 6.61 Å². The van der Waals surface area contributed by atoms with E-state index in [9.17, 15) is 4.39 Å². The van der Waals surface area contributed by atoms with Gasteiger partial charge in [0.05, 0.1) is 0 Å². The molecule has 1 aromatic rings. The summed E-state index contributed by atoms with van der Waals surface area (Å²) in [7, 11) is 0. The van der Waals surface area contributed by atoms with Crippen LogP contribution in [0.3, 0.4) is 0 Å². The Labute approximate surface area is 71.4 Å². The molecule has 0 amide bonds. The van der Waals surface area contributed by atoms with Crippen molar-refractivity contribution in [2.45, 2.75) is 13.3 Å². The molecule has 0 bridgehead atoms. The standard InChI is InChI=1S/C9H12FNO/c1-2-8-3-4-9(11-7-8)12-6-5-10/h3-4,7H,2,5-6H2,1H3. The number of halogens is 1. The minimum absolute atomic E-state index is 0.0818. The molecule has 3 heteroatoms. The lowest BCUT2D eigenvalue weighted by Crippen LogP contribution is -2.00. The number of aryl methyl sites for hydroxylation is 1. The first-order valence-electron chi connectivity index (χ1n) is 4.00. The van der Waals surface area contributed by atoms with Crippen molar-refractivity contribution in [3.8, 4) is 5.88 Å². The van der Waals surface area contributed by atoms with Gasteiger partial charge in [0.2, 0.25) is 5.88 Å². The zero-order chi connectivity index (χ0) is 8.81. The number of hydrogen-bond acceptors (Lipinski definition) is 2. The smallest absolute Gasteiger partial charge is 0.213 e. The highest BCUT2D eigenvalue weighted by atomic mass is 19.1. The largest absolute Gasteiger partial charge is 0.475 e. The van der Waals surface area contributed by atoms with Crippen molar-refractivity contribution < 1.29 is 9.13 Å². The van der Waals surface area contributed by atoms with Crippen molar-refractivity contribution in [1.82, 2.24) is 4.98 Å². The predicted molar refractivity (Wildman–Crippen MR) is 45.1 cm³/mol. The Hall–Kier alpha value is -1.12. The van der Waals surface area contributed by atoms with Crippen molar-refractivity contribution >= 4 is 0 Å². The zero-order valence-electron chi connectivity index (χ0n) is 7.09. The van der Waals surface area contributed by atoms with Gasteiger partial charge in [0.1, 0.15) is 13.3 Å². The summed E-state index contributed by atoms with van der Waals surface area (Å²) < 4.78 is 16.6. The number of nitrogens with zero attached hydrogens (tertiary/aromatic N) is 1. The van der Waals surface area contributed by atoms with E-state index in [1.54, 1.807) is 12.3 Å². The minimum Gasteiger partial charge on any atom is -0.475 e. The van der Waals surface area contributed by atoms with Crippen LogP contribution in [0, 0.1) is 0 Å². The summed E-state index contributed by atoms with van der Waals surface area (Å²) in [4.78, 5) is 4.00. The fourth-order valence-electron chi connectivity index (χ4n) is 0.849. The van der Waals surface area contributed by atoms with Crippen LogP contribution in [-0.4, -0.2) is 18.3 Å². The molecule has 0 aromatic carbocycles. The van der Waals surface area contributed by atoms with Gasteiger partial charge in [0.25, 0.3) is 0 Å². The van der Waals surface area contributed by atoms with Gasteiger partial charge in [-0.2, -0.15) is 0 Å². The van der Waals surface area contributed by atoms with Gasteiger partial charge in [-0.05, 0) is 12.0 Å². The molecule has 0 aliphatic heterocycles. The number of hydrogen-bond donors (Lipinski definition) is 0. The van der Waals surface area contributed by atoms with Gasteiger partial charge in [0.15, 0.2) is 0 Å². The lowest BCUT2D eigenvalue weighted by Gasteiger charge is -2.02. The third kappa shape index (κ3) is 2.49. The fraction of sp³-hybridized carbons (Fsp3) is 0.444. The maximum atomic E-state index is 11.7. The van der Waals surface area contributed by atoms with Gasteiger partial charge in [-0.25, -0.2) is 9.37 Å². The monoisotopic (exact) mass is 169 g/mol. The van der Waals surface area contributed by atoms with Crippen LogP contribution in [0.4, 0.5) is 4.39 Å². The molecule has 0 atom stereocenters. The highest BCUT2D eigenvalue weighted by molar-refractivity contribution is 5.17. The second-order valence-electron chi connectivity index (χ2n) is 2.40. The van der Waals surface area contributed by atoms with Crippen LogP contribution < -0.4 is 4.74 Å². The van der Waals surface area contributed by atoms with Crippen LogP contribution in [0.15, 0.2) is 18.3 Å². The number of ether oxygens (including phenoxy) is 1. The molecule has 0 spiro atoms. The van der Waals surface area contributed by atoms with Crippen LogP contribution >= 0.6 is 0 Å². The van der Waals surface area contributed by atoms with Crippen molar-refractivity contribution in [3.63, 3.8) is 0 Å². The third-order valence-corrected chi connectivity index (χ3v) is 1.53. The Balaban J connectivity index is 2.53. The minimum atomic E-state index is -0.475. The van der Waals surface area contributed by atoms with Gasteiger partial charge in [-0.1, -0.05) is 13.0 Å². The first-order chi connectivity index (χ1) is 5.86. The summed E-state index contributed by atoms with van der Waals surface area (Å²) >= 11 is 0. The molecule has 0 saturated heterocycles. The quantitative estimate of drug-likeness (QED) is 0.687. The summed E-state index contributed by atoms with van der Waals surface area (Å²) in [5.74, 6) is 0.491. The van der Waals surface area contributed by atoms with Crippen LogP contribution in [-0.2, 0) is 6.42 Å². The average molecular weight is 169 g/mol. The summed E-state index contributed by atoms with van der Waals surface area (Å²) in [5.41, 5.74) is 1.16. The fourth-order valence-corrected chi connectivity index (χ4v) is 0.849. The molecule has 0 aliphatic rings. The predicted octanol–water partition coefficient (Wildman–Crippen LogP) is 1.99. The van der Waals surface area contributed by atoms with E-state index in [1.165, 1.54) is 0 Å². The van der Waals surface area contributed by atoms with Gasteiger partial charge in [0, 0.05) is 12.3 Å². The molecule has 0 aliphatic carbocycles. The molecular formula is C9H12FNO. The zero-order valence-corrected chi connectivity index (χ0v) is 7.09. The molecule has 0 unspecified atom stereocenters. The van der Waals surface area contributed by atoms with Gasteiger partial charge < -0.3 is 4.74 Å². The lowest BCUT2D eigenvalue weighted by molar-refractivity contribution is 0.264. The third-order valence-electron chi connectivity index (χ3n) is 1.53. The molecule has 0 radical (unpaired) electrons. The molecule has 0 N–H and O–H groups in total. The van der Waals surface area contributed by atoms with E-state index in [0.29, 0.717) is 5.88 Å². The van der Waals surface area contributed by atoms with Crippen LogP contribution in [0.5, 0.6) is 5.88 Å². The van der Waals surface area contributed by atoms with Gasteiger partial charge in [-0.3, -0.25) is 0 Å². The molecule has 1 rings (SSSR count). The number of rotatable bonds is 4. The highest BCUT2D eigenvalue weighted by Crippen LogP contribution is 2.07. The van der Waals surface area contributed by atoms with E-state index in [2.05, 4.69) is 11.9 Å². The van der Waals surface area contributed by atoms with Gasteiger partial charge >= 0.3 is 0 Å². The normalized spacial score (nSPS) is 9.83. The average Bonchev–Trinajstić information content (AvgIpc) is 2.15. The van der Waals surface area contributed by atoms with Crippen molar-refractivity contribution in [3.05, 3.63) is 23.9 Å². The molecule has 1 heterocycles. The van der Waals surface area contributed by atoms with Crippen molar-refractivity contribution in [2.24, 2.45) is 0 Å². The van der Waals surface area contributed by atoms with Crippen molar-refractivity contribution in [2.75, 3.05) is 13.3 Å².